The molecular formula is C19H21ClN2O2. The Balaban J connectivity index is 1.94. The molecule has 0 radical (unpaired) electrons. The number of para-hydroxylation sites is 1. The summed E-state index contributed by atoms with van der Waals surface area (Å²) >= 11 is 6.43. The van der Waals surface area contributed by atoms with Crippen LogP contribution in [-0.2, 0) is 0 Å². The van der Waals surface area contributed by atoms with Crippen molar-refractivity contribution >= 4 is 22.5 Å². The van der Waals surface area contributed by atoms with E-state index in [2.05, 4.69) is 16.4 Å². The molecule has 0 bridgehead atoms. The third-order valence-corrected chi connectivity index (χ3v) is 4.56. The van der Waals surface area contributed by atoms with Crippen LogP contribution in [0.3, 0.4) is 0 Å². The van der Waals surface area contributed by atoms with E-state index in [-0.39, 0.29) is 12.5 Å². The van der Waals surface area contributed by atoms with Crippen molar-refractivity contribution in [2.75, 3.05) is 19.7 Å². The van der Waals surface area contributed by atoms with Gasteiger partial charge in [-0.1, -0.05) is 48.0 Å². The highest BCUT2D eigenvalue weighted by atomic mass is 35.5. The van der Waals surface area contributed by atoms with E-state index in [1.807, 2.05) is 48.7 Å². The number of hydrogen-bond donors (Lipinski definition) is 4. The standard InChI is InChI=1S/C19H21ClN2O2/c20-18-7-3-1-5-14(18)16(10-21-9-13(24)12-23)17-11-22-19-8-4-2-6-15(17)19/h1-8,11,13,16,21-24H,9-10,12H2/t13-,16+/m0/s1. The molecule has 1 heterocycles. The Bertz CT molecular complexity index is 803. The summed E-state index contributed by atoms with van der Waals surface area (Å²) in [6.07, 6.45) is 1.25. The summed E-state index contributed by atoms with van der Waals surface area (Å²) in [6.45, 7) is 0.694. The molecule has 2 atom stereocenters. The summed E-state index contributed by atoms with van der Waals surface area (Å²) in [7, 11) is 0. The van der Waals surface area contributed by atoms with E-state index in [1.165, 1.54) is 0 Å². The van der Waals surface area contributed by atoms with Gasteiger partial charge in [-0.05, 0) is 23.3 Å². The van der Waals surface area contributed by atoms with Crippen LogP contribution in [0.15, 0.2) is 54.7 Å². The topological polar surface area (TPSA) is 68.3 Å². The van der Waals surface area contributed by atoms with Crippen LogP contribution >= 0.6 is 11.6 Å². The highest BCUT2D eigenvalue weighted by Crippen LogP contribution is 2.33. The van der Waals surface area contributed by atoms with Crippen LogP contribution in [0.2, 0.25) is 5.02 Å². The van der Waals surface area contributed by atoms with Gasteiger partial charge in [-0.3, -0.25) is 0 Å². The first-order valence-corrected chi connectivity index (χ1v) is 8.38. The Labute approximate surface area is 146 Å². The van der Waals surface area contributed by atoms with E-state index in [9.17, 15) is 5.11 Å². The zero-order valence-electron chi connectivity index (χ0n) is 13.2. The van der Waals surface area contributed by atoms with Gasteiger partial charge in [0.05, 0.1) is 12.7 Å². The Hall–Kier alpha value is -1.85. The Morgan fingerprint density at radius 2 is 1.75 bits per heavy atom. The Morgan fingerprint density at radius 3 is 2.54 bits per heavy atom. The van der Waals surface area contributed by atoms with E-state index in [4.69, 9.17) is 16.7 Å². The van der Waals surface area contributed by atoms with Crippen molar-refractivity contribution in [2.45, 2.75) is 12.0 Å². The van der Waals surface area contributed by atoms with Gasteiger partial charge in [-0.2, -0.15) is 0 Å². The highest BCUT2D eigenvalue weighted by Gasteiger charge is 2.20. The number of aliphatic hydroxyl groups excluding tert-OH is 2. The maximum absolute atomic E-state index is 9.55. The molecule has 0 saturated carbocycles. The summed E-state index contributed by atoms with van der Waals surface area (Å²) in [5.74, 6) is 0.0424. The summed E-state index contributed by atoms with van der Waals surface area (Å²) in [5, 5.41) is 23.6. The van der Waals surface area contributed by atoms with Crippen molar-refractivity contribution in [1.82, 2.24) is 10.3 Å². The lowest BCUT2D eigenvalue weighted by atomic mass is 9.90. The Kier molecular flexibility index (Phi) is 5.53. The van der Waals surface area contributed by atoms with Crippen molar-refractivity contribution in [3.05, 3.63) is 70.9 Å². The summed E-state index contributed by atoms with van der Waals surface area (Å²) < 4.78 is 0. The smallest absolute Gasteiger partial charge is 0.0894 e. The fourth-order valence-corrected chi connectivity index (χ4v) is 3.25. The number of aromatic amines is 1. The maximum atomic E-state index is 9.55. The van der Waals surface area contributed by atoms with Gasteiger partial charge in [0.15, 0.2) is 0 Å². The Morgan fingerprint density at radius 1 is 1.00 bits per heavy atom. The minimum Gasteiger partial charge on any atom is -0.394 e. The molecule has 0 spiro atoms. The third kappa shape index (κ3) is 3.62. The molecule has 0 aliphatic rings. The molecule has 0 aliphatic carbocycles. The first kappa shape index (κ1) is 17.0. The second-order valence-corrected chi connectivity index (χ2v) is 6.27. The second kappa shape index (κ2) is 7.81. The average molecular weight is 345 g/mol. The van der Waals surface area contributed by atoms with Crippen LogP contribution in [0.25, 0.3) is 10.9 Å². The maximum Gasteiger partial charge on any atom is 0.0894 e. The molecule has 0 amide bonds. The number of H-pyrrole nitrogens is 1. The van der Waals surface area contributed by atoms with Gasteiger partial charge in [0, 0.05) is 41.1 Å². The molecule has 0 aliphatic heterocycles. The molecule has 126 valence electrons. The van der Waals surface area contributed by atoms with Crippen molar-refractivity contribution in [1.29, 1.82) is 0 Å². The largest absolute Gasteiger partial charge is 0.394 e. The van der Waals surface area contributed by atoms with Gasteiger partial charge < -0.3 is 20.5 Å². The zero-order valence-corrected chi connectivity index (χ0v) is 14.0. The number of fused-ring (bicyclic) bond motifs is 1. The lowest BCUT2D eigenvalue weighted by Gasteiger charge is -2.20. The number of halogens is 1. The fourth-order valence-electron chi connectivity index (χ4n) is 2.99. The normalized spacial score (nSPS) is 14.0. The van der Waals surface area contributed by atoms with Crippen LogP contribution in [-0.4, -0.2) is 41.0 Å². The van der Waals surface area contributed by atoms with Gasteiger partial charge in [0.1, 0.15) is 0 Å². The molecule has 3 aromatic rings. The van der Waals surface area contributed by atoms with Crippen molar-refractivity contribution < 1.29 is 10.2 Å². The predicted octanol–water partition coefficient (Wildman–Crippen LogP) is 2.90. The molecule has 0 saturated heterocycles. The lowest BCUT2D eigenvalue weighted by Crippen LogP contribution is -2.32. The molecule has 0 fully saturated rings. The molecular weight excluding hydrogens is 324 g/mol. The summed E-state index contributed by atoms with van der Waals surface area (Å²) in [5.41, 5.74) is 3.28. The molecule has 0 unspecified atom stereocenters. The van der Waals surface area contributed by atoms with Crippen LogP contribution in [0.5, 0.6) is 0 Å². The average Bonchev–Trinajstić information content (AvgIpc) is 3.03. The van der Waals surface area contributed by atoms with Crippen LogP contribution in [0.1, 0.15) is 17.0 Å². The van der Waals surface area contributed by atoms with E-state index in [0.29, 0.717) is 13.1 Å². The number of aliphatic hydroxyl groups is 2. The number of hydrogen-bond acceptors (Lipinski definition) is 3. The van der Waals surface area contributed by atoms with E-state index < -0.39 is 6.10 Å². The predicted molar refractivity (Wildman–Crippen MR) is 97.6 cm³/mol. The van der Waals surface area contributed by atoms with Crippen LogP contribution in [0, 0.1) is 0 Å². The van der Waals surface area contributed by atoms with Gasteiger partial charge >= 0.3 is 0 Å². The molecule has 4 N–H and O–H groups in total. The van der Waals surface area contributed by atoms with Crippen LogP contribution < -0.4 is 5.32 Å². The molecule has 4 nitrogen and oxygen atoms in total. The summed E-state index contributed by atoms with van der Waals surface area (Å²) in [4.78, 5) is 3.31. The monoisotopic (exact) mass is 344 g/mol. The molecule has 2 aromatic carbocycles. The first-order chi connectivity index (χ1) is 11.7. The minimum absolute atomic E-state index is 0.0424. The molecule has 24 heavy (non-hydrogen) atoms. The second-order valence-electron chi connectivity index (χ2n) is 5.86. The molecule has 3 rings (SSSR count). The van der Waals surface area contributed by atoms with Gasteiger partial charge in [-0.15, -0.1) is 0 Å². The number of nitrogens with one attached hydrogen (secondary N) is 2. The van der Waals surface area contributed by atoms with E-state index in [1.54, 1.807) is 0 Å². The van der Waals surface area contributed by atoms with Crippen molar-refractivity contribution in [3.63, 3.8) is 0 Å². The van der Waals surface area contributed by atoms with Crippen molar-refractivity contribution in [3.8, 4) is 0 Å². The third-order valence-electron chi connectivity index (χ3n) is 4.22. The quantitative estimate of drug-likeness (QED) is 0.533. The zero-order chi connectivity index (χ0) is 16.9. The minimum atomic E-state index is -0.764. The van der Waals surface area contributed by atoms with Gasteiger partial charge in [0.2, 0.25) is 0 Å². The SMILES string of the molecule is OC[C@@H](O)CNC[C@H](c1ccccc1Cl)c1c[nH]c2ccccc12. The van der Waals surface area contributed by atoms with Crippen molar-refractivity contribution in [2.24, 2.45) is 0 Å². The van der Waals surface area contributed by atoms with E-state index in [0.717, 1.165) is 27.1 Å². The van der Waals surface area contributed by atoms with E-state index >= 15 is 0 Å². The van der Waals surface area contributed by atoms with Gasteiger partial charge in [-0.25, -0.2) is 0 Å². The lowest BCUT2D eigenvalue weighted by molar-refractivity contribution is 0.0944. The first-order valence-electron chi connectivity index (χ1n) is 8.00. The summed E-state index contributed by atoms with van der Waals surface area (Å²) in [6, 6.07) is 16.0. The number of rotatable bonds is 7. The van der Waals surface area contributed by atoms with Gasteiger partial charge in [0.25, 0.3) is 0 Å². The highest BCUT2D eigenvalue weighted by molar-refractivity contribution is 6.31. The fraction of sp³-hybridized carbons (Fsp3) is 0.263. The molecule has 5 heteroatoms. The number of benzene rings is 2. The molecule has 1 aromatic heterocycles. The number of aromatic nitrogens is 1. The van der Waals surface area contributed by atoms with Crippen LogP contribution in [0.4, 0.5) is 0 Å².